The zero-order valence-electron chi connectivity index (χ0n) is 8.55. The Morgan fingerprint density at radius 2 is 2.21 bits per heavy atom. The van der Waals surface area contributed by atoms with Crippen LogP contribution in [0.15, 0.2) is 4.99 Å². The third-order valence-corrected chi connectivity index (χ3v) is 3.51. The number of nitrogens with one attached hydrogen (secondary N) is 1. The first-order valence-corrected chi connectivity index (χ1v) is 5.33. The predicted molar refractivity (Wildman–Crippen MR) is 54.7 cm³/mol. The van der Waals surface area contributed by atoms with Crippen LogP contribution in [0, 0.1) is 5.92 Å². The highest BCUT2D eigenvalue weighted by atomic mass is 16.2. The number of carbonyl (C=O) groups excluding carboxylic acids is 1. The molecule has 0 atom stereocenters. The summed E-state index contributed by atoms with van der Waals surface area (Å²) in [6.45, 7) is 2.20. The first-order chi connectivity index (χ1) is 6.66. The van der Waals surface area contributed by atoms with Gasteiger partial charge in [0.05, 0.1) is 0 Å². The SMILES string of the molecule is CCC1CCC2(CC1)N=C(N)NC2=O. The third kappa shape index (κ3) is 1.38. The highest BCUT2D eigenvalue weighted by Gasteiger charge is 2.45. The summed E-state index contributed by atoms with van der Waals surface area (Å²) >= 11 is 0. The summed E-state index contributed by atoms with van der Waals surface area (Å²) < 4.78 is 0. The van der Waals surface area contributed by atoms with Crippen LogP contribution in [0.3, 0.4) is 0 Å². The molecular formula is C10H17N3O. The van der Waals surface area contributed by atoms with Crippen LogP contribution in [-0.4, -0.2) is 17.4 Å². The van der Waals surface area contributed by atoms with Crippen molar-refractivity contribution in [2.45, 2.75) is 44.6 Å². The van der Waals surface area contributed by atoms with Crippen LogP contribution >= 0.6 is 0 Å². The van der Waals surface area contributed by atoms with Crippen molar-refractivity contribution in [2.75, 3.05) is 0 Å². The van der Waals surface area contributed by atoms with Gasteiger partial charge in [0.1, 0.15) is 5.54 Å². The molecule has 0 unspecified atom stereocenters. The number of hydrogen-bond acceptors (Lipinski definition) is 3. The number of amides is 1. The van der Waals surface area contributed by atoms with Gasteiger partial charge in [-0.15, -0.1) is 0 Å². The Bertz CT molecular complexity index is 277. The van der Waals surface area contributed by atoms with E-state index in [9.17, 15) is 4.79 Å². The van der Waals surface area contributed by atoms with Gasteiger partial charge in [0.15, 0.2) is 5.96 Å². The quantitative estimate of drug-likeness (QED) is 0.649. The maximum absolute atomic E-state index is 11.7. The van der Waals surface area contributed by atoms with Crippen LogP contribution < -0.4 is 11.1 Å². The normalized spacial score (nSPS) is 37.1. The molecule has 1 spiro atoms. The highest BCUT2D eigenvalue weighted by molar-refractivity contribution is 6.06. The van der Waals surface area contributed by atoms with Crippen molar-refractivity contribution in [3.05, 3.63) is 0 Å². The van der Waals surface area contributed by atoms with E-state index in [2.05, 4.69) is 17.2 Å². The molecule has 2 aliphatic rings. The van der Waals surface area contributed by atoms with E-state index in [1.165, 1.54) is 6.42 Å². The molecule has 0 aromatic heterocycles. The van der Waals surface area contributed by atoms with E-state index in [1.807, 2.05) is 0 Å². The summed E-state index contributed by atoms with van der Waals surface area (Å²) in [7, 11) is 0. The number of guanidine groups is 1. The van der Waals surface area contributed by atoms with Crippen molar-refractivity contribution < 1.29 is 4.79 Å². The molecule has 0 bridgehead atoms. The lowest BCUT2D eigenvalue weighted by molar-refractivity contribution is -0.125. The van der Waals surface area contributed by atoms with Gasteiger partial charge >= 0.3 is 0 Å². The van der Waals surface area contributed by atoms with Gasteiger partial charge in [0.25, 0.3) is 5.91 Å². The van der Waals surface area contributed by atoms with Crippen LogP contribution in [-0.2, 0) is 4.79 Å². The smallest absolute Gasteiger partial charge is 0.254 e. The Morgan fingerprint density at radius 1 is 1.57 bits per heavy atom. The van der Waals surface area contributed by atoms with E-state index in [-0.39, 0.29) is 5.91 Å². The Hall–Kier alpha value is -1.06. The van der Waals surface area contributed by atoms with E-state index in [4.69, 9.17) is 5.73 Å². The molecule has 1 aliphatic heterocycles. The Labute approximate surface area is 84.0 Å². The van der Waals surface area contributed by atoms with Crippen molar-refractivity contribution >= 4 is 11.9 Å². The van der Waals surface area contributed by atoms with Gasteiger partial charge in [-0.2, -0.15) is 0 Å². The second kappa shape index (κ2) is 3.26. The van der Waals surface area contributed by atoms with Crippen molar-refractivity contribution in [2.24, 2.45) is 16.6 Å². The van der Waals surface area contributed by atoms with Gasteiger partial charge in [0.2, 0.25) is 0 Å². The first kappa shape index (κ1) is 9.49. The van der Waals surface area contributed by atoms with Gasteiger partial charge in [0, 0.05) is 0 Å². The van der Waals surface area contributed by atoms with Crippen LogP contribution in [0.5, 0.6) is 0 Å². The Balaban J connectivity index is 2.09. The second-order valence-corrected chi connectivity index (χ2v) is 4.33. The Morgan fingerprint density at radius 3 is 2.64 bits per heavy atom. The molecular weight excluding hydrogens is 178 g/mol. The number of rotatable bonds is 1. The average molecular weight is 195 g/mol. The van der Waals surface area contributed by atoms with Crippen molar-refractivity contribution in [1.29, 1.82) is 0 Å². The second-order valence-electron chi connectivity index (χ2n) is 4.33. The van der Waals surface area contributed by atoms with Gasteiger partial charge in [-0.05, 0) is 31.6 Å². The highest BCUT2D eigenvalue weighted by Crippen LogP contribution is 2.37. The predicted octanol–water partition coefficient (Wildman–Crippen LogP) is 0.770. The van der Waals surface area contributed by atoms with Gasteiger partial charge < -0.3 is 5.73 Å². The molecule has 1 saturated carbocycles. The maximum atomic E-state index is 11.7. The lowest BCUT2D eigenvalue weighted by Crippen LogP contribution is -2.43. The van der Waals surface area contributed by atoms with E-state index in [1.54, 1.807) is 0 Å². The summed E-state index contributed by atoms with van der Waals surface area (Å²) in [5.41, 5.74) is 5.01. The minimum absolute atomic E-state index is 0.00422. The molecule has 1 fully saturated rings. The molecule has 1 heterocycles. The molecule has 0 radical (unpaired) electrons. The number of carbonyl (C=O) groups is 1. The van der Waals surface area contributed by atoms with E-state index in [0.717, 1.165) is 31.6 Å². The molecule has 1 aliphatic carbocycles. The first-order valence-electron chi connectivity index (χ1n) is 5.33. The molecule has 3 N–H and O–H groups in total. The number of aliphatic imine (C=N–C) groups is 1. The van der Waals surface area contributed by atoms with E-state index >= 15 is 0 Å². The van der Waals surface area contributed by atoms with Crippen molar-refractivity contribution in [1.82, 2.24) is 5.32 Å². The number of nitrogens with two attached hydrogens (primary N) is 1. The number of nitrogens with zero attached hydrogens (tertiary/aromatic N) is 1. The van der Waals surface area contributed by atoms with E-state index in [0.29, 0.717) is 5.96 Å². The maximum Gasteiger partial charge on any atom is 0.254 e. The molecule has 14 heavy (non-hydrogen) atoms. The largest absolute Gasteiger partial charge is 0.370 e. The molecule has 0 aromatic carbocycles. The van der Waals surface area contributed by atoms with Crippen LogP contribution in [0.4, 0.5) is 0 Å². The monoisotopic (exact) mass is 195 g/mol. The molecule has 4 heteroatoms. The third-order valence-electron chi connectivity index (χ3n) is 3.51. The number of hydrogen-bond donors (Lipinski definition) is 2. The lowest BCUT2D eigenvalue weighted by atomic mass is 9.76. The van der Waals surface area contributed by atoms with E-state index < -0.39 is 5.54 Å². The molecule has 2 rings (SSSR count). The summed E-state index contributed by atoms with van der Waals surface area (Å²) in [6.07, 6.45) is 5.12. The minimum Gasteiger partial charge on any atom is -0.370 e. The molecule has 0 saturated heterocycles. The summed E-state index contributed by atoms with van der Waals surface area (Å²) in [5, 5.41) is 2.60. The van der Waals surface area contributed by atoms with Crippen LogP contribution in [0.1, 0.15) is 39.0 Å². The average Bonchev–Trinajstić information content (AvgIpc) is 2.43. The van der Waals surface area contributed by atoms with Crippen LogP contribution in [0.2, 0.25) is 0 Å². The lowest BCUT2D eigenvalue weighted by Gasteiger charge is -2.32. The van der Waals surface area contributed by atoms with Gasteiger partial charge in [-0.1, -0.05) is 13.3 Å². The Kier molecular flexibility index (Phi) is 2.21. The summed E-state index contributed by atoms with van der Waals surface area (Å²) in [4.78, 5) is 15.9. The molecule has 4 nitrogen and oxygen atoms in total. The molecule has 78 valence electrons. The summed E-state index contributed by atoms with van der Waals surface area (Å²) in [5.74, 6) is 1.07. The van der Waals surface area contributed by atoms with Gasteiger partial charge in [-0.25, -0.2) is 4.99 Å². The fourth-order valence-corrected chi connectivity index (χ4v) is 2.44. The molecule has 1 amide bonds. The fourth-order valence-electron chi connectivity index (χ4n) is 2.44. The standard InChI is InChI=1S/C10H17N3O/c1-2-7-3-5-10(6-4-7)8(14)12-9(11)13-10/h7H,2-6H2,1H3,(H3,11,12,13,14). The zero-order valence-corrected chi connectivity index (χ0v) is 8.55. The van der Waals surface area contributed by atoms with Gasteiger partial charge in [-0.3, -0.25) is 10.1 Å². The van der Waals surface area contributed by atoms with Crippen molar-refractivity contribution in [3.63, 3.8) is 0 Å². The summed E-state index contributed by atoms with van der Waals surface area (Å²) in [6, 6.07) is 0. The topological polar surface area (TPSA) is 67.5 Å². The fraction of sp³-hybridized carbons (Fsp3) is 0.800. The minimum atomic E-state index is -0.504. The van der Waals surface area contributed by atoms with Crippen LogP contribution in [0.25, 0.3) is 0 Å². The zero-order chi connectivity index (χ0) is 10.2. The molecule has 0 aromatic rings. The van der Waals surface area contributed by atoms with Crippen molar-refractivity contribution in [3.8, 4) is 0 Å².